The summed E-state index contributed by atoms with van der Waals surface area (Å²) >= 11 is 0. The number of hydrazone groups is 1. The third kappa shape index (κ3) is 3.62. The summed E-state index contributed by atoms with van der Waals surface area (Å²) in [5, 5.41) is 13.5. The number of methoxy groups -OCH3 is 1. The van der Waals surface area contributed by atoms with Crippen molar-refractivity contribution in [2.24, 2.45) is 16.7 Å². The molecule has 1 amide bonds. The summed E-state index contributed by atoms with van der Waals surface area (Å²) in [4.78, 5) is 19.2. The van der Waals surface area contributed by atoms with Gasteiger partial charge in [-0.15, -0.1) is 0 Å². The monoisotopic (exact) mass is 406 g/mol. The maximum absolute atomic E-state index is 13.0. The molecule has 1 fully saturated rings. The van der Waals surface area contributed by atoms with Gasteiger partial charge in [0.05, 0.1) is 13.3 Å². The zero-order chi connectivity index (χ0) is 21.1. The molecular weight excluding hydrogens is 384 g/mol. The first-order valence-corrected chi connectivity index (χ1v) is 9.36. The Morgan fingerprint density at radius 2 is 2.23 bits per heavy atom. The van der Waals surface area contributed by atoms with E-state index in [1.165, 1.54) is 0 Å². The number of ether oxygens (including phenoxy) is 1. The largest absolute Gasteiger partial charge is 0.480 e. The van der Waals surface area contributed by atoms with E-state index in [2.05, 4.69) is 25.6 Å². The van der Waals surface area contributed by atoms with Crippen LogP contribution >= 0.6 is 0 Å². The van der Waals surface area contributed by atoms with Crippen LogP contribution in [0, 0.1) is 0 Å². The topological polar surface area (TPSA) is 148 Å². The van der Waals surface area contributed by atoms with Gasteiger partial charge in [0, 0.05) is 35.1 Å². The smallest absolute Gasteiger partial charge is 0.250 e. The molecule has 10 nitrogen and oxygen atoms in total. The first kappa shape index (κ1) is 19.2. The number of rotatable bonds is 6. The molecule has 1 saturated heterocycles. The third-order valence-corrected chi connectivity index (χ3v) is 4.97. The third-order valence-electron chi connectivity index (χ3n) is 4.97. The highest BCUT2D eigenvalue weighted by Crippen LogP contribution is 2.31. The molecule has 0 saturated carbocycles. The lowest BCUT2D eigenvalue weighted by Gasteiger charge is -2.18. The molecule has 1 aliphatic heterocycles. The predicted molar refractivity (Wildman–Crippen MR) is 114 cm³/mol. The minimum absolute atomic E-state index is 0.0634. The molecule has 1 atom stereocenters. The molecule has 1 aliphatic rings. The van der Waals surface area contributed by atoms with Crippen LogP contribution in [-0.2, 0) is 4.79 Å². The number of anilines is 2. The van der Waals surface area contributed by atoms with Gasteiger partial charge in [0.1, 0.15) is 17.7 Å². The van der Waals surface area contributed by atoms with E-state index in [-0.39, 0.29) is 17.8 Å². The van der Waals surface area contributed by atoms with Gasteiger partial charge >= 0.3 is 0 Å². The number of amidine groups is 1. The number of benzene rings is 1. The van der Waals surface area contributed by atoms with Gasteiger partial charge in [-0.1, -0.05) is 12.1 Å². The van der Waals surface area contributed by atoms with Crippen molar-refractivity contribution in [1.82, 2.24) is 15.2 Å². The van der Waals surface area contributed by atoms with Gasteiger partial charge in [-0.3, -0.25) is 14.8 Å². The molecule has 0 bridgehead atoms. The number of amides is 1. The number of H-pyrrole nitrogens is 1. The molecule has 2 aromatic heterocycles. The molecule has 0 radical (unpaired) electrons. The van der Waals surface area contributed by atoms with Crippen molar-refractivity contribution in [2.45, 2.75) is 12.5 Å². The van der Waals surface area contributed by atoms with Crippen molar-refractivity contribution in [1.29, 1.82) is 0 Å². The minimum Gasteiger partial charge on any atom is -0.480 e. The second-order valence-corrected chi connectivity index (χ2v) is 6.78. The van der Waals surface area contributed by atoms with Gasteiger partial charge < -0.3 is 21.6 Å². The van der Waals surface area contributed by atoms with Gasteiger partial charge in [-0.05, 0) is 30.7 Å². The highest BCUT2D eigenvalue weighted by atomic mass is 16.5. The van der Waals surface area contributed by atoms with E-state index in [1.807, 2.05) is 30.3 Å². The molecule has 10 heteroatoms. The Balaban J connectivity index is 1.52. The summed E-state index contributed by atoms with van der Waals surface area (Å²) in [6.07, 6.45) is 4.09. The van der Waals surface area contributed by atoms with Gasteiger partial charge in [0.2, 0.25) is 5.88 Å². The SMILES string of the molecule is COc1nc(N2CCC(Nc3cccc(/C(N)=N/N)c3)C2=O)ccc1-c1cn[nH]c1. The summed E-state index contributed by atoms with van der Waals surface area (Å²) in [5.41, 5.74) is 8.88. The zero-order valence-electron chi connectivity index (χ0n) is 16.4. The molecule has 3 heterocycles. The van der Waals surface area contributed by atoms with Crippen LogP contribution in [0.4, 0.5) is 11.5 Å². The maximum atomic E-state index is 13.0. The van der Waals surface area contributed by atoms with E-state index in [9.17, 15) is 4.79 Å². The van der Waals surface area contributed by atoms with Crippen LogP contribution in [0.1, 0.15) is 12.0 Å². The Hall–Kier alpha value is -4.08. The molecule has 4 rings (SSSR count). The number of pyridine rings is 1. The van der Waals surface area contributed by atoms with Crippen LogP contribution < -0.4 is 26.5 Å². The molecule has 30 heavy (non-hydrogen) atoms. The number of carbonyl (C=O) groups is 1. The van der Waals surface area contributed by atoms with Gasteiger partial charge in [0.25, 0.3) is 5.91 Å². The van der Waals surface area contributed by atoms with Gasteiger partial charge in [-0.25, -0.2) is 0 Å². The van der Waals surface area contributed by atoms with Crippen LogP contribution in [0.3, 0.4) is 0 Å². The molecule has 6 N–H and O–H groups in total. The van der Waals surface area contributed by atoms with Crippen molar-refractivity contribution in [3.05, 3.63) is 54.4 Å². The van der Waals surface area contributed by atoms with Crippen LogP contribution in [0.25, 0.3) is 11.1 Å². The van der Waals surface area contributed by atoms with Crippen molar-refractivity contribution < 1.29 is 9.53 Å². The highest BCUT2D eigenvalue weighted by Gasteiger charge is 2.33. The van der Waals surface area contributed by atoms with Crippen LogP contribution in [0.2, 0.25) is 0 Å². The van der Waals surface area contributed by atoms with Crippen molar-refractivity contribution in [3.8, 4) is 17.0 Å². The van der Waals surface area contributed by atoms with E-state index in [4.69, 9.17) is 16.3 Å². The first-order chi connectivity index (χ1) is 14.6. The summed E-state index contributed by atoms with van der Waals surface area (Å²) < 4.78 is 5.43. The van der Waals surface area contributed by atoms with E-state index < -0.39 is 0 Å². The molecule has 154 valence electrons. The van der Waals surface area contributed by atoms with E-state index >= 15 is 0 Å². The zero-order valence-corrected chi connectivity index (χ0v) is 16.4. The van der Waals surface area contributed by atoms with E-state index in [0.29, 0.717) is 30.2 Å². The summed E-state index contributed by atoms with van der Waals surface area (Å²) in [6.45, 7) is 0.545. The second kappa shape index (κ2) is 8.11. The van der Waals surface area contributed by atoms with Crippen molar-refractivity contribution in [2.75, 3.05) is 23.9 Å². The number of hydrogen-bond acceptors (Lipinski definition) is 7. The predicted octanol–water partition coefficient (Wildman–Crippen LogP) is 1.28. The number of aromatic nitrogens is 3. The van der Waals surface area contributed by atoms with E-state index in [1.54, 1.807) is 30.5 Å². The normalized spacial score (nSPS) is 16.7. The summed E-state index contributed by atoms with van der Waals surface area (Å²) in [5.74, 6) is 6.39. The van der Waals surface area contributed by atoms with Gasteiger partial charge in [0.15, 0.2) is 0 Å². The lowest BCUT2D eigenvalue weighted by Crippen LogP contribution is -2.34. The fourth-order valence-electron chi connectivity index (χ4n) is 3.44. The average molecular weight is 406 g/mol. The average Bonchev–Trinajstić information content (AvgIpc) is 3.43. The standard InChI is InChI=1S/C20H22N8O2/c1-30-19-15(13-10-23-24-11-13)5-6-17(26-19)28-8-7-16(20(28)29)25-14-4-2-3-12(9-14)18(21)27-22/h2-6,9-11,16,25H,7-8,22H2,1H3,(H2,21,27)(H,23,24). The second-order valence-electron chi connectivity index (χ2n) is 6.78. The van der Waals surface area contributed by atoms with Crippen LogP contribution in [0.5, 0.6) is 5.88 Å². The minimum atomic E-state index is -0.377. The molecule has 3 aromatic rings. The quantitative estimate of drug-likeness (QED) is 0.209. The van der Waals surface area contributed by atoms with Crippen LogP contribution in [0.15, 0.2) is 53.9 Å². The molecule has 0 spiro atoms. The number of nitrogens with zero attached hydrogens (tertiary/aromatic N) is 4. The Kier molecular flexibility index (Phi) is 5.21. The number of aromatic amines is 1. The fourth-order valence-corrected chi connectivity index (χ4v) is 3.44. The Morgan fingerprint density at radius 3 is 2.97 bits per heavy atom. The van der Waals surface area contributed by atoms with Crippen molar-refractivity contribution >= 4 is 23.2 Å². The number of nitrogens with one attached hydrogen (secondary N) is 2. The van der Waals surface area contributed by atoms with Crippen molar-refractivity contribution in [3.63, 3.8) is 0 Å². The Labute approximate surface area is 172 Å². The lowest BCUT2D eigenvalue weighted by atomic mass is 10.1. The van der Waals surface area contributed by atoms with Gasteiger partial charge in [-0.2, -0.15) is 15.2 Å². The Morgan fingerprint density at radius 1 is 1.37 bits per heavy atom. The number of carbonyl (C=O) groups excluding carboxylic acids is 1. The molecule has 1 unspecified atom stereocenters. The number of nitrogens with two attached hydrogens (primary N) is 2. The maximum Gasteiger partial charge on any atom is 0.250 e. The molecule has 0 aliphatic carbocycles. The summed E-state index contributed by atoms with van der Waals surface area (Å²) in [7, 11) is 1.55. The van der Waals surface area contributed by atoms with E-state index in [0.717, 1.165) is 16.8 Å². The summed E-state index contributed by atoms with van der Waals surface area (Å²) in [6, 6.07) is 10.6. The molecule has 1 aromatic carbocycles. The Bertz CT molecular complexity index is 1080. The lowest BCUT2D eigenvalue weighted by molar-refractivity contribution is -0.117. The first-order valence-electron chi connectivity index (χ1n) is 9.36. The van der Waals surface area contributed by atoms with Crippen LogP contribution in [-0.4, -0.2) is 46.6 Å². The molecular formula is C20H22N8O2. The highest BCUT2D eigenvalue weighted by molar-refractivity contribution is 6.01. The fraction of sp³-hybridized carbons (Fsp3) is 0.200. The number of hydrogen-bond donors (Lipinski definition) is 4.